The van der Waals surface area contributed by atoms with E-state index in [-0.39, 0.29) is 22.8 Å². The number of rotatable bonds is 3. The summed E-state index contributed by atoms with van der Waals surface area (Å²) in [5.41, 5.74) is 4.51. The summed E-state index contributed by atoms with van der Waals surface area (Å²) >= 11 is 7.97. The van der Waals surface area contributed by atoms with Crippen LogP contribution in [0.2, 0.25) is 5.02 Å². The molecule has 0 amide bonds. The Bertz CT molecular complexity index is 1020. The number of hydrogen-bond acceptors (Lipinski definition) is 5. The first-order valence-electron chi connectivity index (χ1n) is 8.85. The van der Waals surface area contributed by atoms with Crippen LogP contribution in [-0.4, -0.2) is 36.4 Å². The van der Waals surface area contributed by atoms with Crippen LogP contribution in [0.15, 0.2) is 47.5 Å². The average Bonchev–Trinajstić information content (AvgIpc) is 3.10. The number of benzene rings is 2. The molecular formula is C20H21ClN2O2S2. The zero-order valence-electron chi connectivity index (χ0n) is 15.2. The molecule has 0 bridgehead atoms. The SMILES string of the molecule is Cc1ccc(N(Cc2ccccc2Cl)C2=NC3CS(=O)(=O)CC3S2)cc1C. The third kappa shape index (κ3) is 3.89. The van der Waals surface area contributed by atoms with Gasteiger partial charge in [0.2, 0.25) is 0 Å². The van der Waals surface area contributed by atoms with Crippen molar-refractivity contribution in [1.29, 1.82) is 0 Å². The summed E-state index contributed by atoms with van der Waals surface area (Å²) in [7, 11) is -2.96. The molecule has 2 unspecified atom stereocenters. The number of aryl methyl sites for hydroxylation is 2. The molecule has 4 nitrogen and oxygen atoms in total. The highest BCUT2D eigenvalue weighted by atomic mass is 35.5. The number of thioether (sulfide) groups is 1. The summed E-state index contributed by atoms with van der Waals surface area (Å²) in [5, 5.41) is 1.62. The zero-order valence-corrected chi connectivity index (χ0v) is 17.6. The Labute approximate surface area is 169 Å². The van der Waals surface area contributed by atoms with E-state index in [9.17, 15) is 8.42 Å². The molecule has 0 aromatic heterocycles. The highest BCUT2D eigenvalue weighted by Gasteiger charge is 2.44. The molecule has 2 aromatic carbocycles. The number of aliphatic imine (C=N–C) groups is 1. The van der Waals surface area contributed by atoms with Gasteiger partial charge in [-0.3, -0.25) is 4.99 Å². The van der Waals surface area contributed by atoms with Gasteiger partial charge in [0, 0.05) is 16.0 Å². The van der Waals surface area contributed by atoms with E-state index >= 15 is 0 Å². The number of sulfone groups is 1. The van der Waals surface area contributed by atoms with E-state index in [0.717, 1.165) is 21.4 Å². The summed E-state index contributed by atoms with van der Waals surface area (Å²) in [6, 6.07) is 14.0. The Morgan fingerprint density at radius 1 is 1.15 bits per heavy atom. The molecule has 0 aliphatic carbocycles. The highest BCUT2D eigenvalue weighted by Crippen LogP contribution is 2.38. The second-order valence-corrected chi connectivity index (χ2v) is 10.9. The van der Waals surface area contributed by atoms with Gasteiger partial charge in [-0.05, 0) is 48.7 Å². The Hall–Kier alpha value is -1.50. The van der Waals surface area contributed by atoms with Gasteiger partial charge in [-0.25, -0.2) is 8.42 Å². The summed E-state index contributed by atoms with van der Waals surface area (Å²) < 4.78 is 23.8. The number of amidine groups is 1. The first-order valence-corrected chi connectivity index (χ1v) is 11.9. The molecule has 1 saturated heterocycles. The van der Waals surface area contributed by atoms with E-state index < -0.39 is 9.84 Å². The van der Waals surface area contributed by atoms with Gasteiger partial charge in [0.15, 0.2) is 15.0 Å². The second kappa shape index (κ2) is 7.15. The predicted molar refractivity (Wildman–Crippen MR) is 115 cm³/mol. The van der Waals surface area contributed by atoms with Gasteiger partial charge in [-0.2, -0.15) is 0 Å². The fourth-order valence-electron chi connectivity index (χ4n) is 3.43. The van der Waals surface area contributed by atoms with Crippen LogP contribution in [0, 0.1) is 13.8 Å². The van der Waals surface area contributed by atoms with Gasteiger partial charge in [0.05, 0.1) is 24.1 Å². The molecule has 0 saturated carbocycles. The van der Waals surface area contributed by atoms with Gasteiger partial charge in [0.1, 0.15) is 0 Å². The summed E-state index contributed by atoms with van der Waals surface area (Å²) in [5.74, 6) is 0.364. The minimum atomic E-state index is -2.96. The number of nitrogens with zero attached hydrogens (tertiary/aromatic N) is 2. The largest absolute Gasteiger partial charge is 0.317 e. The standard InChI is InChI=1S/C20H21ClN2O2S2/c1-13-7-8-16(9-14(13)2)23(10-15-5-3-4-6-17(15)21)20-22-18-11-27(24,25)12-19(18)26-20/h3-9,18-19H,10-12H2,1-2H3. The van der Waals surface area contributed by atoms with Gasteiger partial charge in [0.25, 0.3) is 0 Å². The lowest BCUT2D eigenvalue weighted by Gasteiger charge is -2.26. The average molecular weight is 421 g/mol. The highest BCUT2D eigenvalue weighted by molar-refractivity contribution is 8.15. The van der Waals surface area contributed by atoms with Crippen molar-refractivity contribution in [2.24, 2.45) is 4.99 Å². The van der Waals surface area contributed by atoms with E-state index in [0.29, 0.717) is 6.54 Å². The molecule has 2 aromatic rings. The fraction of sp³-hybridized carbons (Fsp3) is 0.350. The molecule has 0 radical (unpaired) electrons. The van der Waals surface area contributed by atoms with Crippen molar-refractivity contribution in [3.05, 3.63) is 64.2 Å². The number of hydrogen-bond donors (Lipinski definition) is 0. The van der Waals surface area contributed by atoms with Crippen LogP contribution in [0.5, 0.6) is 0 Å². The van der Waals surface area contributed by atoms with Crippen molar-refractivity contribution in [1.82, 2.24) is 0 Å². The third-order valence-electron chi connectivity index (χ3n) is 5.12. The minimum absolute atomic E-state index is 0.0188. The van der Waals surface area contributed by atoms with E-state index in [1.165, 1.54) is 11.1 Å². The van der Waals surface area contributed by atoms with Crippen LogP contribution in [-0.2, 0) is 16.4 Å². The predicted octanol–water partition coefficient (Wildman–Crippen LogP) is 4.23. The van der Waals surface area contributed by atoms with Gasteiger partial charge < -0.3 is 4.90 Å². The van der Waals surface area contributed by atoms with E-state index in [1.54, 1.807) is 11.8 Å². The molecule has 1 fully saturated rings. The molecule has 2 atom stereocenters. The summed E-state index contributed by atoms with van der Waals surface area (Å²) in [4.78, 5) is 6.94. The molecule has 2 aliphatic heterocycles. The van der Waals surface area contributed by atoms with Gasteiger partial charge in [-0.1, -0.05) is 47.6 Å². The van der Waals surface area contributed by atoms with Crippen LogP contribution in [0.4, 0.5) is 5.69 Å². The number of halogens is 1. The maximum absolute atomic E-state index is 11.9. The smallest absolute Gasteiger partial charge is 0.164 e. The zero-order chi connectivity index (χ0) is 19.2. The maximum atomic E-state index is 11.9. The van der Waals surface area contributed by atoms with Crippen molar-refractivity contribution in [2.45, 2.75) is 31.7 Å². The monoisotopic (exact) mass is 420 g/mol. The van der Waals surface area contributed by atoms with E-state index in [2.05, 4.69) is 36.9 Å². The quantitative estimate of drug-likeness (QED) is 0.745. The maximum Gasteiger partial charge on any atom is 0.164 e. The Kier molecular flexibility index (Phi) is 4.99. The number of fused-ring (bicyclic) bond motifs is 1. The van der Waals surface area contributed by atoms with Crippen molar-refractivity contribution < 1.29 is 8.42 Å². The minimum Gasteiger partial charge on any atom is -0.317 e. The van der Waals surface area contributed by atoms with Gasteiger partial charge in [-0.15, -0.1) is 0 Å². The van der Waals surface area contributed by atoms with Crippen molar-refractivity contribution in [3.63, 3.8) is 0 Å². The Morgan fingerprint density at radius 2 is 1.93 bits per heavy atom. The lowest BCUT2D eigenvalue weighted by Crippen LogP contribution is -2.28. The molecule has 27 heavy (non-hydrogen) atoms. The molecule has 0 spiro atoms. The molecule has 142 valence electrons. The van der Waals surface area contributed by atoms with Crippen LogP contribution in [0.3, 0.4) is 0 Å². The second-order valence-electron chi connectivity index (χ2n) is 7.16. The van der Waals surface area contributed by atoms with Crippen molar-refractivity contribution >= 4 is 44.1 Å². The molecule has 0 N–H and O–H groups in total. The fourth-order valence-corrected chi connectivity index (χ4v) is 7.41. The normalized spacial score (nSPS) is 23.1. The number of anilines is 1. The van der Waals surface area contributed by atoms with Gasteiger partial charge >= 0.3 is 0 Å². The Morgan fingerprint density at radius 3 is 2.63 bits per heavy atom. The molecule has 2 heterocycles. The molecular weight excluding hydrogens is 400 g/mol. The van der Waals surface area contributed by atoms with Crippen LogP contribution in [0.1, 0.15) is 16.7 Å². The van der Waals surface area contributed by atoms with Crippen LogP contribution in [0.25, 0.3) is 0 Å². The van der Waals surface area contributed by atoms with Crippen LogP contribution < -0.4 is 4.90 Å². The molecule has 4 rings (SSSR count). The van der Waals surface area contributed by atoms with Crippen LogP contribution >= 0.6 is 23.4 Å². The molecule has 7 heteroatoms. The summed E-state index contributed by atoms with van der Waals surface area (Å²) in [6.45, 7) is 4.78. The Balaban J connectivity index is 1.70. The summed E-state index contributed by atoms with van der Waals surface area (Å²) in [6.07, 6.45) is 0. The lowest BCUT2D eigenvalue weighted by atomic mass is 10.1. The first kappa shape index (κ1) is 18.8. The third-order valence-corrected chi connectivity index (χ3v) is 8.74. The van der Waals surface area contributed by atoms with Crippen molar-refractivity contribution in [2.75, 3.05) is 16.4 Å². The van der Waals surface area contributed by atoms with E-state index in [4.69, 9.17) is 16.6 Å². The molecule has 2 aliphatic rings. The lowest BCUT2D eigenvalue weighted by molar-refractivity contribution is 0.601. The van der Waals surface area contributed by atoms with Crippen molar-refractivity contribution in [3.8, 4) is 0 Å². The topological polar surface area (TPSA) is 49.7 Å². The first-order chi connectivity index (χ1) is 12.8. The van der Waals surface area contributed by atoms with E-state index in [1.807, 2.05) is 24.3 Å².